The number of fused-ring (bicyclic) bond motifs is 1. The lowest BCUT2D eigenvalue weighted by Crippen LogP contribution is -2.64. The summed E-state index contributed by atoms with van der Waals surface area (Å²) in [5.74, 6) is -0.763. The van der Waals surface area contributed by atoms with Gasteiger partial charge in [0.25, 0.3) is 5.91 Å². The Hall–Kier alpha value is -7.88. The van der Waals surface area contributed by atoms with Gasteiger partial charge in [-0.1, -0.05) is 40.5 Å². The number of piperazine rings is 1. The number of anilines is 2. The number of amides is 7. The molecule has 0 spiro atoms. The molecule has 8 rings (SSSR count). The first kappa shape index (κ1) is 68.0. The van der Waals surface area contributed by atoms with E-state index in [1.807, 2.05) is 18.2 Å². The molecule has 3 aliphatic heterocycles. The van der Waals surface area contributed by atoms with Crippen molar-refractivity contribution in [2.45, 2.75) is 135 Å². The third-order valence-electron chi connectivity index (χ3n) is 15.3. The van der Waals surface area contributed by atoms with Crippen molar-refractivity contribution in [1.82, 2.24) is 70.1 Å². The molecule has 0 radical (unpaired) electrons. The van der Waals surface area contributed by atoms with Gasteiger partial charge in [-0.3, -0.25) is 38.6 Å². The van der Waals surface area contributed by atoms with E-state index >= 15 is 0 Å². The summed E-state index contributed by atoms with van der Waals surface area (Å²) in [7, 11) is 0. The number of nitrogens with zero attached hydrogens (tertiary/aromatic N) is 12. The monoisotopic (exact) mass is 1290 g/mol. The molecule has 1 atom stereocenters. The van der Waals surface area contributed by atoms with E-state index in [2.05, 4.69) is 56.0 Å². The Labute approximate surface area is 534 Å². The number of rotatable bonds is 21. The number of H-pyrrole nitrogens is 1. The number of nitrogens with one attached hydrogen (secondary N) is 4. The maximum absolute atomic E-state index is 14.8. The average Bonchev–Trinajstić information content (AvgIpc) is 1.30. The lowest BCUT2D eigenvalue weighted by atomic mass is 9.85. The maximum Gasteiger partial charge on any atom is 0.410 e. The van der Waals surface area contributed by atoms with Gasteiger partial charge in [-0.2, -0.15) is 0 Å². The summed E-state index contributed by atoms with van der Waals surface area (Å²) in [5.41, 5.74) is -1.96. The molecule has 4 N–H and O–H groups in total. The fourth-order valence-electron chi connectivity index (χ4n) is 10.7. The number of likely N-dealkylation sites (tertiary alicyclic amines) is 1. The molecule has 90 heavy (non-hydrogen) atoms. The number of alkyl carbamates (subject to hydrolysis) is 1. The predicted molar refractivity (Wildman–Crippen MR) is 336 cm³/mol. The number of piperidine rings is 2. The lowest BCUT2D eigenvalue weighted by molar-refractivity contribution is -0.134. The van der Waals surface area contributed by atoms with E-state index in [9.17, 15) is 33.6 Å². The van der Waals surface area contributed by atoms with Gasteiger partial charge in [-0.25, -0.2) is 29.3 Å². The largest absolute Gasteiger partial charge is 0.444 e. The van der Waals surface area contributed by atoms with Gasteiger partial charge in [0, 0.05) is 89.4 Å². The number of hydrogen-bond donors (Lipinski definition) is 4. The van der Waals surface area contributed by atoms with Crippen LogP contribution in [0.3, 0.4) is 0 Å². The summed E-state index contributed by atoms with van der Waals surface area (Å²) < 4.78 is 24.7. The molecule has 0 aliphatic carbocycles. The summed E-state index contributed by atoms with van der Waals surface area (Å²) in [5, 5.41) is 17.9. The van der Waals surface area contributed by atoms with Gasteiger partial charge >= 0.3 is 18.3 Å². The summed E-state index contributed by atoms with van der Waals surface area (Å²) in [4.78, 5) is 122. The van der Waals surface area contributed by atoms with E-state index in [1.165, 1.54) is 39.1 Å². The molecule has 7 heterocycles. The van der Waals surface area contributed by atoms with Crippen LogP contribution in [0, 0.1) is 0 Å². The molecule has 27 nitrogen and oxygen atoms in total. The number of benzene rings is 1. The van der Waals surface area contributed by atoms with Crippen LogP contribution in [0.2, 0.25) is 10.2 Å². The number of ether oxygens (including phenoxy) is 4. The van der Waals surface area contributed by atoms with E-state index in [4.69, 9.17) is 42.1 Å². The highest BCUT2D eigenvalue weighted by Gasteiger charge is 2.45. The topological polar surface area (TPSA) is 297 Å². The highest BCUT2D eigenvalue weighted by Crippen LogP contribution is 2.32. The Morgan fingerprint density at radius 1 is 0.744 bits per heavy atom. The van der Waals surface area contributed by atoms with Crippen molar-refractivity contribution in [1.29, 1.82) is 0 Å². The number of carbonyl (C=O) groups is 7. The van der Waals surface area contributed by atoms with E-state index in [-0.39, 0.29) is 92.5 Å². The van der Waals surface area contributed by atoms with E-state index in [0.29, 0.717) is 88.8 Å². The zero-order chi connectivity index (χ0) is 65.0. The highest BCUT2D eigenvalue weighted by molar-refractivity contribution is 6.32. The van der Waals surface area contributed by atoms with Crippen LogP contribution in [-0.4, -0.2) is 221 Å². The van der Waals surface area contributed by atoms with Crippen molar-refractivity contribution < 1.29 is 52.5 Å². The van der Waals surface area contributed by atoms with Gasteiger partial charge in [0.2, 0.25) is 17.7 Å². The molecule has 3 fully saturated rings. The molecule has 7 amide bonds. The van der Waals surface area contributed by atoms with E-state index in [1.54, 1.807) is 96.6 Å². The molecular formula is C61H84Cl2N16O11. The minimum absolute atomic E-state index is 0.0795. The Morgan fingerprint density at radius 3 is 2.02 bits per heavy atom. The normalized spacial score (nSPS) is 16.2. The summed E-state index contributed by atoms with van der Waals surface area (Å²) in [6.45, 7) is 19.8. The van der Waals surface area contributed by atoms with Crippen molar-refractivity contribution >= 4 is 87.6 Å². The SMILES string of the molecule is CC(C)(C)OC(=O)NC1(C(=O)N[C@@H](CCN2CCN(C(=O)CN(CCOC3CCN(C(=O)c4ccc(NC(=O)CN(CCn5ccnn5)C(=O)OC(C)(C)C)c(Cl)n4)CC3)C(=O)OC(C)(C)C)CC2)c2ccc(Cl)cc2)CCN(c2ncnc3[nH]ccc23)CC1. The standard InChI is InChI=1S/C61H84Cl2N16O11/c1-58(2,3)88-55(84)71-61(20-27-75(28-21-61)52-44-16-22-64-51(44)65-40-66-52)54(83)70-45(41-10-12-42(62)13-11-41)19-24-73-30-32-74(33-31-73)49(81)39-78(57(86)90-60(7,8)9)36-37-87-43-17-25-76(26-18-43)53(82)47-15-14-46(50(63)69-47)68-48(80)38-77(56(85)89-59(4,5)6)34-35-79-29-23-67-72-79/h10-16,22-23,29,40,43,45H,17-21,24-28,30-39H2,1-9H3,(H,68,80)(H,70,83)(H,71,84)(H,64,65,66)/t45-/m0/s1. The van der Waals surface area contributed by atoms with Crippen molar-refractivity contribution in [2.75, 3.05) is 102 Å². The molecule has 5 aromatic rings. The molecule has 1 aromatic carbocycles. The summed E-state index contributed by atoms with van der Waals surface area (Å²) in [6.07, 6.45) is 6.22. The van der Waals surface area contributed by atoms with Crippen LogP contribution in [0.4, 0.5) is 25.9 Å². The van der Waals surface area contributed by atoms with Crippen molar-refractivity contribution in [2.24, 2.45) is 0 Å². The van der Waals surface area contributed by atoms with Gasteiger partial charge in [-0.15, -0.1) is 5.10 Å². The van der Waals surface area contributed by atoms with Crippen LogP contribution in [0.25, 0.3) is 11.0 Å². The van der Waals surface area contributed by atoms with Gasteiger partial charge in [0.15, 0.2) is 5.15 Å². The average molecular weight is 1290 g/mol. The minimum Gasteiger partial charge on any atom is -0.444 e. The van der Waals surface area contributed by atoms with E-state index in [0.717, 1.165) is 16.8 Å². The van der Waals surface area contributed by atoms with Gasteiger partial charge < -0.3 is 54.6 Å². The molecule has 3 saturated heterocycles. The lowest BCUT2D eigenvalue weighted by Gasteiger charge is -2.42. The minimum atomic E-state index is -1.31. The van der Waals surface area contributed by atoms with Crippen LogP contribution >= 0.6 is 23.2 Å². The Morgan fingerprint density at radius 2 is 1.40 bits per heavy atom. The number of carbonyl (C=O) groups excluding carboxylic acids is 7. The third kappa shape index (κ3) is 19.6. The zero-order valence-electron chi connectivity index (χ0n) is 52.8. The van der Waals surface area contributed by atoms with Gasteiger partial charge in [0.1, 0.15) is 58.9 Å². The third-order valence-corrected chi connectivity index (χ3v) is 15.8. The predicted octanol–water partition coefficient (Wildman–Crippen LogP) is 6.94. The molecule has 0 unspecified atom stereocenters. The zero-order valence-corrected chi connectivity index (χ0v) is 54.3. The molecule has 3 aliphatic rings. The van der Waals surface area contributed by atoms with Crippen LogP contribution in [0.5, 0.6) is 0 Å². The quantitative estimate of drug-likeness (QED) is 0.0427. The first-order valence-corrected chi connectivity index (χ1v) is 31.1. The first-order chi connectivity index (χ1) is 42.6. The van der Waals surface area contributed by atoms with E-state index < -0.39 is 52.6 Å². The Kier molecular flexibility index (Phi) is 22.6. The van der Waals surface area contributed by atoms with Crippen molar-refractivity contribution in [3.8, 4) is 0 Å². The van der Waals surface area contributed by atoms with Gasteiger partial charge in [0.05, 0.1) is 42.6 Å². The molecule has 488 valence electrons. The second-order valence-corrected chi connectivity index (χ2v) is 26.4. The fourth-order valence-corrected chi connectivity index (χ4v) is 11.0. The first-order valence-electron chi connectivity index (χ1n) is 30.4. The second-order valence-electron chi connectivity index (χ2n) is 25.6. The Balaban J connectivity index is 0.809. The number of halogens is 2. The molecule has 4 aromatic heterocycles. The second kappa shape index (κ2) is 29.8. The Bertz CT molecular complexity index is 3270. The maximum atomic E-state index is 14.8. The number of aromatic amines is 1. The van der Waals surface area contributed by atoms with Crippen LogP contribution in [-0.2, 0) is 39.9 Å². The van der Waals surface area contributed by atoms with Crippen molar-refractivity contribution in [3.05, 3.63) is 88.8 Å². The molecule has 29 heteroatoms. The molecular weight excluding hydrogens is 1200 g/mol. The number of pyridine rings is 1. The molecule has 0 saturated carbocycles. The smallest absolute Gasteiger partial charge is 0.410 e. The van der Waals surface area contributed by atoms with Crippen LogP contribution in [0.1, 0.15) is 117 Å². The van der Waals surface area contributed by atoms with Crippen molar-refractivity contribution in [3.63, 3.8) is 0 Å². The van der Waals surface area contributed by atoms with Crippen LogP contribution in [0.15, 0.2) is 67.4 Å². The highest BCUT2D eigenvalue weighted by atomic mass is 35.5. The molecule has 0 bridgehead atoms. The van der Waals surface area contributed by atoms with Gasteiger partial charge in [-0.05, 0) is 130 Å². The van der Waals surface area contributed by atoms with Crippen LogP contribution < -0.4 is 20.9 Å². The summed E-state index contributed by atoms with van der Waals surface area (Å²) >= 11 is 12.9. The summed E-state index contributed by atoms with van der Waals surface area (Å²) in [6, 6.07) is 11.7. The number of hydrogen-bond acceptors (Lipinski definition) is 18. The fraction of sp³-hybridized carbons (Fsp3) is 0.574. The number of aromatic nitrogens is 7.